The van der Waals surface area contributed by atoms with Crippen molar-refractivity contribution < 1.29 is 9.59 Å². The molecule has 5 heteroatoms. The van der Waals surface area contributed by atoms with Crippen molar-refractivity contribution in [2.45, 2.75) is 19.8 Å². The third-order valence-corrected chi connectivity index (χ3v) is 5.21. The second-order valence-corrected chi connectivity index (χ2v) is 6.83. The van der Waals surface area contributed by atoms with E-state index in [1.165, 1.54) is 16.2 Å². The first-order chi connectivity index (χ1) is 10.6. The molecule has 0 atom stereocenters. The summed E-state index contributed by atoms with van der Waals surface area (Å²) in [5.41, 5.74) is 1.15. The summed E-state index contributed by atoms with van der Waals surface area (Å²) in [5.74, 6) is 0.308. The summed E-state index contributed by atoms with van der Waals surface area (Å²) in [7, 11) is 0. The fourth-order valence-electron chi connectivity index (χ4n) is 3.03. The largest absolute Gasteiger partial charge is 0.366 e. The van der Waals surface area contributed by atoms with Crippen LogP contribution < -0.4 is 0 Å². The summed E-state index contributed by atoms with van der Waals surface area (Å²) >= 11 is 1.50. The SMILES string of the molecule is C=CCN1C(=O)C(c2cccs2)=C(N2CCC(C)CC2)C1=O. The number of likely N-dealkylation sites (tertiary alicyclic amines) is 1. The van der Waals surface area contributed by atoms with Crippen LogP contribution in [0.15, 0.2) is 35.9 Å². The van der Waals surface area contributed by atoms with Crippen molar-refractivity contribution in [2.24, 2.45) is 5.92 Å². The molecule has 2 aliphatic heterocycles. The first-order valence-electron chi connectivity index (χ1n) is 7.63. The van der Waals surface area contributed by atoms with Crippen LogP contribution in [0, 0.1) is 5.92 Å². The van der Waals surface area contributed by atoms with Crippen LogP contribution in [0.25, 0.3) is 5.57 Å². The summed E-state index contributed by atoms with van der Waals surface area (Å²) < 4.78 is 0. The van der Waals surface area contributed by atoms with Crippen LogP contribution >= 0.6 is 11.3 Å². The summed E-state index contributed by atoms with van der Waals surface area (Å²) in [6.45, 7) is 7.83. The number of hydrogen-bond donors (Lipinski definition) is 0. The maximum absolute atomic E-state index is 12.8. The lowest BCUT2D eigenvalue weighted by molar-refractivity contribution is -0.137. The Morgan fingerprint density at radius 1 is 1.32 bits per heavy atom. The molecule has 4 nitrogen and oxygen atoms in total. The van der Waals surface area contributed by atoms with Gasteiger partial charge in [0, 0.05) is 24.5 Å². The van der Waals surface area contributed by atoms with Gasteiger partial charge in [-0.15, -0.1) is 17.9 Å². The lowest BCUT2D eigenvalue weighted by atomic mass is 9.98. The molecule has 0 unspecified atom stereocenters. The van der Waals surface area contributed by atoms with E-state index in [-0.39, 0.29) is 18.4 Å². The van der Waals surface area contributed by atoms with Gasteiger partial charge in [0.15, 0.2) is 0 Å². The molecule has 0 spiro atoms. The molecule has 0 aromatic carbocycles. The standard InChI is InChI=1S/C17H20N2O2S/c1-3-8-19-16(20)14(13-5-4-11-22-13)15(17(19)21)18-9-6-12(2)7-10-18/h3-5,11-12H,1,6-10H2,2H3. The van der Waals surface area contributed by atoms with Crippen molar-refractivity contribution in [1.29, 1.82) is 0 Å². The number of hydrogen-bond acceptors (Lipinski definition) is 4. The summed E-state index contributed by atoms with van der Waals surface area (Å²) in [6, 6.07) is 3.83. The van der Waals surface area contributed by atoms with E-state index in [9.17, 15) is 9.59 Å². The van der Waals surface area contributed by atoms with Gasteiger partial charge in [0.2, 0.25) is 0 Å². The molecule has 116 valence electrons. The van der Waals surface area contributed by atoms with Gasteiger partial charge < -0.3 is 4.90 Å². The van der Waals surface area contributed by atoms with Crippen LogP contribution in [-0.2, 0) is 9.59 Å². The van der Waals surface area contributed by atoms with Gasteiger partial charge in [0.1, 0.15) is 5.70 Å². The molecule has 1 aromatic rings. The highest BCUT2D eigenvalue weighted by atomic mass is 32.1. The number of carbonyl (C=O) groups excluding carboxylic acids is 2. The maximum Gasteiger partial charge on any atom is 0.278 e. The second-order valence-electron chi connectivity index (χ2n) is 5.88. The van der Waals surface area contributed by atoms with Gasteiger partial charge in [-0.2, -0.15) is 0 Å². The van der Waals surface area contributed by atoms with Crippen molar-refractivity contribution in [3.8, 4) is 0 Å². The van der Waals surface area contributed by atoms with E-state index in [0.29, 0.717) is 17.2 Å². The lowest BCUT2D eigenvalue weighted by Gasteiger charge is -2.32. The predicted molar refractivity (Wildman–Crippen MR) is 88.1 cm³/mol. The number of nitrogens with zero attached hydrogens (tertiary/aromatic N) is 2. The minimum Gasteiger partial charge on any atom is -0.366 e. The fraction of sp³-hybridized carbons (Fsp3) is 0.412. The quantitative estimate of drug-likeness (QED) is 0.633. The molecule has 22 heavy (non-hydrogen) atoms. The molecule has 1 saturated heterocycles. The molecule has 2 amide bonds. The van der Waals surface area contributed by atoms with Gasteiger partial charge in [0.25, 0.3) is 11.8 Å². The zero-order valence-corrected chi connectivity index (χ0v) is 13.6. The highest BCUT2D eigenvalue weighted by Crippen LogP contribution is 2.35. The van der Waals surface area contributed by atoms with Crippen LogP contribution in [0.4, 0.5) is 0 Å². The highest BCUT2D eigenvalue weighted by Gasteiger charge is 2.41. The molecular weight excluding hydrogens is 296 g/mol. The van der Waals surface area contributed by atoms with Crippen molar-refractivity contribution in [2.75, 3.05) is 19.6 Å². The Bertz CT molecular complexity index is 625. The molecule has 0 saturated carbocycles. The van der Waals surface area contributed by atoms with Crippen molar-refractivity contribution in [3.05, 3.63) is 40.7 Å². The zero-order chi connectivity index (χ0) is 15.7. The smallest absolute Gasteiger partial charge is 0.278 e. The van der Waals surface area contributed by atoms with E-state index in [0.717, 1.165) is 30.8 Å². The fourth-order valence-corrected chi connectivity index (χ4v) is 3.79. The van der Waals surface area contributed by atoms with E-state index in [1.54, 1.807) is 6.08 Å². The third kappa shape index (κ3) is 2.50. The van der Waals surface area contributed by atoms with Gasteiger partial charge in [-0.05, 0) is 30.2 Å². The number of carbonyl (C=O) groups is 2. The van der Waals surface area contributed by atoms with Crippen LogP contribution in [0.3, 0.4) is 0 Å². The van der Waals surface area contributed by atoms with Crippen LogP contribution in [0.2, 0.25) is 0 Å². The number of piperidine rings is 1. The normalized spacial score (nSPS) is 20.2. The molecule has 0 radical (unpaired) electrons. The summed E-state index contributed by atoms with van der Waals surface area (Å²) in [5, 5.41) is 1.94. The minimum atomic E-state index is -0.194. The molecule has 3 heterocycles. The molecule has 0 bridgehead atoms. The van der Waals surface area contributed by atoms with Gasteiger partial charge in [0.05, 0.1) is 5.57 Å². The van der Waals surface area contributed by atoms with Gasteiger partial charge in [-0.25, -0.2) is 0 Å². The number of rotatable bonds is 4. The Hall–Kier alpha value is -1.88. The first kappa shape index (κ1) is 15.0. The van der Waals surface area contributed by atoms with E-state index in [1.807, 2.05) is 17.5 Å². The maximum atomic E-state index is 12.8. The summed E-state index contributed by atoms with van der Waals surface area (Å²) in [6.07, 6.45) is 3.72. The molecule has 1 fully saturated rings. The topological polar surface area (TPSA) is 40.6 Å². The summed E-state index contributed by atoms with van der Waals surface area (Å²) in [4.78, 5) is 29.7. The average Bonchev–Trinajstić information content (AvgIpc) is 3.10. The van der Waals surface area contributed by atoms with E-state index in [4.69, 9.17) is 0 Å². The average molecular weight is 316 g/mol. The minimum absolute atomic E-state index is 0.178. The van der Waals surface area contributed by atoms with Crippen LogP contribution in [-0.4, -0.2) is 41.2 Å². The Morgan fingerprint density at radius 2 is 2.05 bits per heavy atom. The Labute approximate surface area is 134 Å². The van der Waals surface area contributed by atoms with Gasteiger partial charge in [-0.3, -0.25) is 14.5 Å². The first-order valence-corrected chi connectivity index (χ1v) is 8.51. The number of imide groups is 1. The lowest BCUT2D eigenvalue weighted by Crippen LogP contribution is -2.38. The number of thiophene rings is 1. The Morgan fingerprint density at radius 3 is 2.64 bits per heavy atom. The van der Waals surface area contributed by atoms with E-state index >= 15 is 0 Å². The molecule has 1 aromatic heterocycles. The monoisotopic (exact) mass is 316 g/mol. The molecule has 3 rings (SSSR count). The molecular formula is C17H20N2O2S. The third-order valence-electron chi connectivity index (χ3n) is 4.32. The van der Waals surface area contributed by atoms with Gasteiger partial charge in [-0.1, -0.05) is 19.1 Å². The van der Waals surface area contributed by atoms with E-state index < -0.39 is 0 Å². The molecule has 2 aliphatic rings. The molecule has 0 N–H and O–H groups in total. The van der Waals surface area contributed by atoms with Crippen LogP contribution in [0.5, 0.6) is 0 Å². The Balaban J connectivity index is 2.01. The van der Waals surface area contributed by atoms with E-state index in [2.05, 4.69) is 18.4 Å². The highest BCUT2D eigenvalue weighted by molar-refractivity contribution is 7.11. The van der Waals surface area contributed by atoms with Gasteiger partial charge >= 0.3 is 0 Å². The van der Waals surface area contributed by atoms with Crippen molar-refractivity contribution >= 4 is 28.7 Å². The molecule has 0 aliphatic carbocycles. The van der Waals surface area contributed by atoms with Crippen molar-refractivity contribution in [3.63, 3.8) is 0 Å². The zero-order valence-electron chi connectivity index (χ0n) is 12.7. The second kappa shape index (κ2) is 6.08. The van der Waals surface area contributed by atoms with Crippen LogP contribution in [0.1, 0.15) is 24.6 Å². The Kier molecular flexibility index (Phi) is 4.16. The predicted octanol–water partition coefficient (Wildman–Crippen LogP) is 2.75. The van der Waals surface area contributed by atoms with Crippen molar-refractivity contribution in [1.82, 2.24) is 9.80 Å². The number of amides is 2.